The van der Waals surface area contributed by atoms with Crippen LogP contribution in [0.3, 0.4) is 0 Å². The number of rotatable bonds is 4. The predicted octanol–water partition coefficient (Wildman–Crippen LogP) is 1.40. The lowest BCUT2D eigenvalue weighted by atomic mass is 10.0. The van der Waals surface area contributed by atoms with Crippen LogP contribution in [0.2, 0.25) is 0 Å². The van der Waals surface area contributed by atoms with Crippen LogP contribution in [0.5, 0.6) is 0 Å². The van der Waals surface area contributed by atoms with Crippen molar-refractivity contribution in [3.05, 3.63) is 18.5 Å². The summed E-state index contributed by atoms with van der Waals surface area (Å²) in [5.41, 5.74) is 0. The van der Waals surface area contributed by atoms with Crippen molar-refractivity contribution in [2.75, 3.05) is 25.4 Å². The molecule has 23 heavy (non-hydrogen) atoms. The topological polar surface area (TPSA) is 75.6 Å². The summed E-state index contributed by atoms with van der Waals surface area (Å²) in [6, 6.07) is 1.93. The Balaban J connectivity index is 1.45. The number of hydrogen-bond acceptors (Lipinski definition) is 6. The SMILES string of the molecule is CC1CN(C2CCN(C(=O)CSc3ncccn3)CC2)C(=O)O1. The largest absolute Gasteiger partial charge is 0.444 e. The number of likely N-dealkylation sites (tertiary alicyclic amines) is 1. The number of carbonyl (C=O) groups excluding carboxylic acids is 2. The van der Waals surface area contributed by atoms with Crippen LogP contribution >= 0.6 is 11.8 Å². The summed E-state index contributed by atoms with van der Waals surface area (Å²) in [4.78, 5) is 35.9. The van der Waals surface area contributed by atoms with Gasteiger partial charge in [0.25, 0.3) is 0 Å². The van der Waals surface area contributed by atoms with E-state index in [0.29, 0.717) is 30.5 Å². The van der Waals surface area contributed by atoms with Gasteiger partial charge in [0.05, 0.1) is 12.3 Å². The highest BCUT2D eigenvalue weighted by atomic mass is 32.2. The van der Waals surface area contributed by atoms with Crippen LogP contribution in [-0.4, -0.2) is 69.3 Å². The molecule has 124 valence electrons. The van der Waals surface area contributed by atoms with Gasteiger partial charge in [-0.2, -0.15) is 0 Å². The molecule has 0 aromatic carbocycles. The monoisotopic (exact) mass is 336 g/mol. The smallest absolute Gasteiger partial charge is 0.410 e. The van der Waals surface area contributed by atoms with Gasteiger partial charge in [-0.1, -0.05) is 11.8 Å². The normalized spacial score (nSPS) is 22.3. The molecule has 2 aliphatic heterocycles. The third kappa shape index (κ3) is 3.93. The maximum absolute atomic E-state index is 12.3. The van der Waals surface area contributed by atoms with E-state index in [-0.39, 0.29) is 24.1 Å². The molecule has 2 amide bonds. The van der Waals surface area contributed by atoms with Gasteiger partial charge < -0.3 is 14.5 Å². The molecule has 1 aromatic rings. The van der Waals surface area contributed by atoms with Crippen LogP contribution in [0.4, 0.5) is 4.79 Å². The van der Waals surface area contributed by atoms with E-state index in [9.17, 15) is 9.59 Å². The summed E-state index contributed by atoms with van der Waals surface area (Å²) in [5, 5.41) is 0.615. The van der Waals surface area contributed by atoms with Crippen molar-refractivity contribution in [2.24, 2.45) is 0 Å². The third-order valence-electron chi connectivity index (χ3n) is 4.12. The number of nitrogens with zero attached hydrogens (tertiary/aromatic N) is 4. The lowest BCUT2D eigenvalue weighted by Crippen LogP contribution is -2.47. The van der Waals surface area contributed by atoms with E-state index in [2.05, 4.69) is 9.97 Å². The zero-order valence-corrected chi connectivity index (χ0v) is 13.9. The second kappa shape index (κ2) is 7.16. The van der Waals surface area contributed by atoms with Crippen molar-refractivity contribution in [2.45, 2.75) is 37.1 Å². The summed E-state index contributed by atoms with van der Waals surface area (Å²) < 4.78 is 5.18. The first-order valence-electron chi connectivity index (χ1n) is 7.78. The highest BCUT2D eigenvalue weighted by molar-refractivity contribution is 7.99. The van der Waals surface area contributed by atoms with Gasteiger partial charge in [0.1, 0.15) is 6.10 Å². The van der Waals surface area contributed by atoms with Gasteiger partial charge in [-0.25, -0.2) is 14.8 Å². The van der Waals surface area contributed by atoms with E-state index < -0.39 is 0 Å². The Morgan fingerprint density at radius 3 is 2.65 bits per heavy atom. The van der Waals surface area contributed by atoms with Crippen molar-refractivity contribution >= 4 is 23.8 Å². The van der Waals surface area contributed by atoms with Gasteiger partial charge in [0.2, 0.25) is 5.91 Å². The van der Waals surface area contributed by atoms with Gasteiger partial charge in [-0.05, 0) is 25.8 Å². The van der Waals surface area contributed by atoms with Crippen LogP contribution < -0.4 is 0 Å². The highest BCUT2D eigenvalue weighted by Gasteiger charge is 2.36. The Labute approximate surface area is 139 Å². The number of carbonyl (C=O) groups is 2. The van der Waals surface area contributed by atoms with Crippen LogP contribution in [0.15, 0.2) is 23.6 Å². The van der Waals surface area contributed by atoms with E-state index >= 15 is 0 Å². The molecule has 2 fully saturated rings. The number of aromatic nitrogens is 2. The number of piperidine rings is 1. The molecule has 3 heterocycles. The molecule has 3 rings (SSSR count). The molecule has 8 heteroatoms. The standard InChI is InChI=1S/C15H20N4O3S/c1-11-9-19(15(21)22-11)12-3-7-18(8-4-12)13(20)10-23-14-16-5-2-6-17-14/h2,5-6,11-12H,3-4,7-10H2,1H3. The van der Waals surface area contributed by atoms with Crippen LogP contribution in [0, 0.1) is 0 Å². The van der Waals surface area contributed by atoms with E-state index in [1.807, 2.05) is 11.8 Å². The highest BCUT2D eigenvalue weighted by Crippen LogP contribution is 2.23. The Hall–Kier alpha value is -1.83. The van der Waals surface area contributed by atoms with Gasteiger partial charge in [-0.15, -0.1) is 0 Å². The number of ether oxygens (including phenoxy) is 1. The van der Waals surface area contributed by atoms with Crippen molar-refractivity contribution in [3.63, 3.8) is 0 Å². The van der Waals surface area contributed by atoms with Gasteiger partial charge >= 0.3 is 6.09 Å². The number of hydrogen-bond donors (Lipinski definition) is 0. The fourth-order valence-corrected chi connectivity index (χ4v) is 3.64. The lowest BCUT2D eigenvalue weighted by molar-refractivity contribution is -0.129. The molecule has 1 aromatic heterocycles. The van der Waals surface area contributed by atoms with Crippen LogP contribution in [0.1, 0.15) is 19.8 Å². The minimum Gasteiger partial charge on any atom is -0.444 e. The summed E-state index contributed by atoms with van der Waals surface area (Å²) in [6.07, 6.45) is 4.69. The average Bonchev–Trinajstić information content (AvgIpc) is 2.92. The Morgan fingerprint density at radius 2 is 2.04 bits per heavy atom. The molecule has 0 aliphatic carbocycles. The first-order valence-corrected chi connectivity index (χ1v) is 8.77. The number of cyclic esters (lactones) is 1. The fraction of sp³-hybridized carbons (Fsp3) is 0.600. The van der Waals surface area contributed by atoms with E-state index in [1.165, 1.54) is 11.8 Å². The maximum atomic E-state index is 12.3. The molecule has 0 N–H and O–H groups in total. The summed E-state index contributed by atoms with van der Waals surface area (Å²) in [6.45, 7) is 3.91. The van der Waals surface area contributed by atoms with Crippen molar-refractivity contribution in [1.29, 1.82) is 0 Å². The molecule has 0 radical (unpaired) electrons. The molecule has 2 aliphatic rings. The molecule has 2 saturated heterocycles. The lowest BCUT2D eigenvalue weighted by Gasteiger charge is -2.35. The molecule has 7 nitrogen and oxygen atoms in total. The van der Waals surface area contributed by atoms with Gasteiger partial charge in [-0.3, -0.25) is 4.79 Å². The summed E-state index contributed by atoms with van der Waals surface area (Å²) >= 11 is 1.35. The second-order valence-corrected chi connectivity index (χ2v) is 6.72. The van der Waals surface area contributed by atoms with Gasteiger partial charge in [0, 0.05) is 31.5 Å². The summed E-state index contributed by atoms with van der Waals surface area (Å²) in [5.74, 6) is 0.440. The number of thioether (sulfide) groups is 1. The van der Waals surface area contributed by atoms with E-state index in [1.54, 1.807) is 23.4 Å². The third-order valence-corrected chi connectivity index (χ3v) is 4.98. The van der Waals surface area contributed by atoms with Gasteiger partial charge in [0.15, 0.2) is 5.16 Å². The first-order chi connectivity index (χ1) is 11.1. The van der Waals surface area contributed by atoms with Crippen molar-refractivity contribution < 1.29 is 14.3 Å². The summed E-state index contributed by atoms with van der Waals surface area (Å²) in [7, 11) is 0. The predicted molar refractivity (Wildman–Crippen MR) is 85.0 cm³/mol. The molecule has 1 unspecified atom stereocenters. The zero-order chi connectivity index (χ0) is 16.2. The molecule has 0 bridgehead atoms. The van der Waals surface area contributed by atoms with Crippen LogP contribution in [0.25, 0.3) is 0 Å². The molecular formula is C15H20N4O3S. The van der Waals surface area contributed by atoms with Crippen molar-refractivity contribution in [3.8, 4) is 0 Å². The molecule has 0 spiro atoms. The first kappa shape index (κ1) is 16.0. The molecule has 1 atom stereocenters. The second-order valence-electron chi connectivity index (χ2n) is 5.78. The quantitative estimate of drug-likeness (QED) is 0.611. The number of amides is 2. The molecular weight excluding hydrogens is 316 g/mol. The minimum absolute atomic E-state index is 0.0376. The Bertz CT molecular complexity index is 563. The molecule has 0 saturated carbocycles. The average molecular weight is 336 g/mol. The maximum Gasteiger partial charge on any atom is 0.410 e. The Kier molecular flexibility index (Phi) is 5.00. The zero-order valence-electron chi connectivity index (χ0n) is 13.1. The van der Waals surface area contributed by atoms with E-state index in [4.69, 9.17) is 4.74 Å². The van der Waals surface area contributed by atoms with Crippen molar-refractivity contribution in [1.82, 2.24) is 19.8 Å². The van der Waals surface area contributed by atoms with E-state index in [0.717, 1.165) is 12.8 Å². The fourth-order valence-electron chi connectivity index (χ4n) is 2.93. The Morgan fingerprint density at radius 1 is 1.35 bits per heavy atom. The minimum atomic E-state index is -0.223. The van der Waals surface area contributed by atoms with Crippen LogP contribution in [-0.2, 0) is 9.53 Å².